The number of methoxy groups -OCH3 is 1. The number of carbonyl (C=O) groups is 2. The SMILES string of the molecule is COCCNC(=O)c1ccccc1NC(=O)Cc1cccc(Br)c1. The maximum Gasteiger partial charge on any atom is 0.253 e. The fourth-order valence-electron chi connectivity index (χ4n) is 2.18. The van der Waals surface area contributed by atoms with Crippen LogP contribution in [0.4, 0.5) is 5.69 Å². The Morgan fingerprint density at radius 3 is 2.67 bits per heavy atom. The van der Waals surface area contributed by atoms with Crippen LogP contribution in [0.3, 0.4) is 0 Å². The van der Waals surface area contributed by atoms with Gasteiger partial charge in [-0.25, -0.2) is 0 Å². The summed E-state index contributed by atoms with van der Waals surface area (Å²) in [5.41, 5.74) is 1.81. The molecule has 0 aliphatic carbocycles. The van der Waals surface area contributed by atoms with Crippen LogP contribution in [0.15, 0.2) is 53.0 Å². The van der Waals surface area contributed by atoms with E-state index in [-0.39, 0.29) is 18.2 Å². The molecule has 5 nitrogen and oxygen atoms in total. The largest absolute Gasteiger partial charge is 0.383 e. The molecule has 0 heterocycles. The molecular weight excluding hydrogens is 372 g/mol. The predicted molar refractivity (Wildman–Crippen MR) is 97.1 cm³/mol. The monoisotopic (exact) mass is 390 g/mol. The third-order valence-electron chi connectivity index (χ3n) is 3.29. The van der Waals surface area contributed by atoms with Gasteiger partial charge in [-0.1, -0.05) is 40.2 Å². The predicted octanol–water partition coefficient (Wildman–Crippen LogP) is 3.01. The van der Waals surface area contributed by atoms with E-state index in [9.17, 15) is 9.59 Å². The Morgan fingerprint density at radius 2 is 1.92 bits per heavy atom. The molecular formula is C18H19BrN2O3. The van der Waals surface area contributed by atoms with Gasteiger partial charge in [0.2, 0.25) is 5.91 Å². The van der Waals surface area contributed by atoms with E-state index in [1.165, 1.54) is 0 Å². The van der Waals surface area contributed by atoms with Gasteiger partial charge in [0.25, 0.3) is 5.91 Å². The lowest BCUT2D eigenvalue weighted by molar-refractivity contribution is -0.115. The van der Waals surface area contributed by atoms with Crippen LogP contribution in [0.5, 0.6) is 0 Å². The number of anilines is 1. The fourth-order valence-corrected chi connectivity index (χ4v) is 2.63. The van der Waals surface area contributed by atoms with Crippen LogP contribution < -0.4 is 10.6 Å². The van der Waals surface area contributed by atoms with Crippen molar-refractivity contribution < 1.29 is 14.3 Å². The van der Waals surface area contributed by atoms with Crippen LogP contribution in [0, 0.1) is 0 Å². The van der Waals surface area contributed by atoms with Crippen LogP contribution in [0.1, 0.15) is 15.9 Å². The van der Waals surface area contributed by atoms with Gasteiger partial charge < -0.3 is 15.4 Å². The van der Waals surface area contributed by atoms with Gasteiger partial charge in [0.05, 0.1) is 24.3 Å². The second kappa shape index (κ2) is 9.20. The zero-order chi connectivity index (χ0) is 17.4. The van der Waals surface area contributed by atoms with Gasteiger partial charge >= 0.3 is 0 Å². The molecule has 0 bridgehead atoms. The van der Waals surface area contributed by atoms with Crippen molar-refractivity contribution in [3.8, 4) is 0 Å². The fraction of sp³-hybridized carbons (Fsp3) is 0.222. The molecule has 126 valence electrons. The Bertz CT molecular complexity index is 719. The second-order valence-corrected chi connectivity index (χ2v) is 6.06. The van der Waals surface area contributed by atoms with Crippen molar-refractivity contribution in [2.24, 2.45) is 0 Å². The number of carbonyl (C=O) groups excluding carboxylic acids is 2. The summed E-state index contributed by atoms with van der Waals surface area (Å²) in [5, 5.41) is 5.55. The maximum atomic E-state index is 12.3. The van der Waals surface area contributed by atoms with Crippen LogP contribution in [-0.4, -0.2) is 32.1 Å². The van der Waals surface area contributed by atoms with E-state index in [1.54, 1.807) is 31.4 Å². The van der Waals surface area contributed by atoms with Gasteiger partial charge in [-0.05, 0) is 29.8 Å². The first-order valence-corrected chi connectivity index (χ1v) is 8.30. The van der Waals surface area contributed by atoms with Crippen molar-refractivity contribution in [2.75, 3.05) is 25.6 Å². The Kier molecular flexibility index (Phi) is 6.96. The number of hydrogen-bond acceptors (Lipinski definition) is 3. The van der Waals surface area contributed by atoms with E-state index in [0.717, 1.165) is 10.0 Å². The summed E-state index contributed by atoms with van der Waals surface area (Å²) in [6.07, 6.45) is 0.235. The van der Waals surface area contributed by atoms with Crippen LogP contribution in [0.25, 0.3) is 0 Å². The minimum atomic E-state index is -0.245. The summed E-state index contributed by atoms with van der Waals surface area (Å²) in [4.78, 5) is 24.5. The first-order chi connectivity index (χ1) is 11.6. The van der Waals surface area contributed by atoms with Gasteiger partial charge in [0.15, 0.2) is 0 Å². The van der Waals surface area contributed by atoms with Crippen molar-refractivity contribution in [1.82, 2.24) is 5.32 Å². The molecule has 0 radical (unpaired) electrons. The van der Waals surface area contributed by atoms with E-state index in [4.69, 9.17) is 4.74 Å². The molecule has 2 aromatic rings. The topological polar surface area (TPSA) is 67.4 Å². The van der Waals surface area contributed by atoms with Gasteiger partial charge in [-0.3, -0.25) is 9.59 Å². The molecule has 24 heavy (non-hydrogen) atoms. The number of halogens is 1. The molecule has 0 spiro atoms. The Hall–Kier alpha value is -2.18. The van der Waals surface area contributed by atoms with E-state index < -0.39 is 0 Å². The molecule has 6 heteroatoms. The molecule has 0 saturated heterocycles. The van der Waals surface area contributed by atoms with Crippen LogP contribution >= 0.6 is 15.9 Å². The molecule has 2 aromatic carbocycles. The summed E-state index contributed by atoms with van der Waals surface area (Å²) in [7, 11) is 1.57. The number of amides is 2. The molecule has 0 unspecified atom stereocenters. The maximum absolute atomic E-state index is 12.3. The van der Waals surface area contributed by atoms with Crippen LogP contribution in [0.2, 0.25) is 0 Å². The quantitative estimate of drug-likeness (QED) is 0.714. The third kappa shape index (κ3) is 5.47. The van der Waals surface area contributed by atoms with Gasteiger partial charge in [0, 0.05) is 18.1 Å². The van der Waals surface area contributed by atoms with Crippen molar-refractivity contribution >= 4 is 33.4 Å². The molecule has 0 saturated carbocycles. The number of hydrogen-bond donors (Lipinski definition) is 2. The van der Waals surface area contributed by atoms with Gasteiger partial charge in [0.1, 0.15) is 0 Å². The second-order valence-electron chi connectivity index (χ2n) is 5.15. The first kappa shape index (κ1) is 18.2. The number of rotatable bonds is 7. The molecule has 2 N–H and O–H groups in total. The lowest BCUT2D eigenvalue weighted by Gasteiger charge is -2.11. The average Bonchev–Trinajstić information content (AvgIpc) is 2.55. The molecule has 0 fully saturated rings. The lowest BCUT2D eigenvalue weighted by Crippen LogP contribution is -2.28. The summed E-state index contributed by atoms with van der Waals surface area (Å²) in [6, 6.07) is 14.5. The first-order valence-electron chi connectivity index (χ1n) is 7.50. The molecule has 0 atom stereocenters. The zero-order valence-corrected chi connectivity index (χ0v) is 14.9. The van der Waals surface area contributed by atoms with Crippen molar-refractivity contribution in [1.29, 1.82) is 0 Å². The standard InChI is InChI=1S/C18H19BrN2O3/c1-24-10-9-20-18(23)15-7-2-3-8-16(15)21-17(22)12-13-5-4-6-14(19)11-13/h2-8,11H,9-10,12H2,1H3,(H,20,23)(H,21,22). The summed E-state index contributed by atoms with van der Waals surface area (Å²) >= 11 is 3.38. The van der Waals surface area contributed by atoms with E-state index in [1.807, 2.05) is 24.3 Å². The summed E-state index contributed by atoms with van der Waals surface area (Å²) in [6.45, 7) is 0.846. The van der Waals surface area contributed by atoms with Crippen LogP contribution in [-0.2, 0) is 16.0 Å². The molecule has 2 rings (SSSR count). The molecule has 0 aliphatic rings. The number of nitrogens with one attached hydrogen (secondary N) is 2. The average molecular weight is 391 g/mol. The van der Waals surface area contributed by atoms with E-state index in [0.29, 0.717) is 24.4 Å². The minimum Gasteiger partial charge on any atom is -0.383 e. The smallest absolute Gasteiger partial charge is 0.253 e. The molecule has 0 aromatic heterocycles. The Labute approximate surface area is 149 Å². The Balaban J connectivity index is 2.03. The van der Waals surface area contributed by atoms with E-state index in [2.05, 4.69) is 26.6 Å². The highest BCUT2D eigenvalue weighted by molar-refractivity contribution is 9.10. The summed E-state index contributed by atoms with van der Waals surface area (Å²) < 4.78 is 5.83. The minimum absolute atomic E-state index is 0.176. The normalized spacial score (nSPS) is 10.2. The number of para-hydroxylation sites is 1. The highest BCUT2D eigenvalue weighted by atomic mass is 79.9. The number of benzene rings is 2. The zero-order valence-electron chi connectivity index (χ0n) is 13.3. The van der Waals surface area contributed by atoms with Crippen molar-refractivity contribution in [3.05, 3.63) is 64.1 Å². The third-order valence-corrected chi connectivity index (χ3v) is 3.78. The number of ether oxygens (including phenoxy) is 1. The molecule has 0 aliphatic heterocycles. The highest BCUT2D eigenvalue weighted by Crippen LogP contribution is 2.16. The van der Waals surface area contributed by atoms with E-state index >= 15 is 0 Å². The van der Waals surface area contributed by atoms with Gasteiger partial charge in [-0.15, -0.1) is 0 Å². The van der Waals surface area contributed by atoms with Crippen molar-refractivity contribution in [2.45, 2.75) is 6.42 Å². The Morgan fingerprint density at radius 1 is 1.12 bits per heavy atom. The molecule has 2 amide bonds. The summed E-state index contributed by atoms with van der Waals surface area (Å²) in [5.74, 6) is -0.421. The van der Waals surface area contributed by atoms with Gasteiger partial charge in [-0.2, -0.15) is 0 Å². The lowest BCUT2D eigenvalue weighted by atomic mass is 10.1. The highest BCUT2D eigenvalue weighted by Gasteiger charge is 2.13. The van der Waals surface area contributed by atoms with Crippen molar-refractivity contribution in [3.63, 3.8) is 0 Å².